The highest BCUT2D eigenvalue weighted by molar-refractivity contribution is 5.96. The lowest BCUT2D eigenvalue weighted by Gasteiger charge is -2.13. The molecular formula is C16H11F3N2O5. The highest BCUT2D eigenvalue weighted by atomic mass is 19.4. The molecule has 26 heavy (non-hydrogen) atoms. The Balaban J connectivity index is 2.01. The van der Waals surface area contributed by atoms with Crippen LogP contribution in [0.3, 0.4) is 0 Å². The molecule has 10 heteroatoms. The highest BCUT2D eigenvalue weighted by Crippen LogP contribution is 2.34. The Hall–Kier alpha value is -3.43. The van der Waals surface area contributed by atoms with Gasteiger partial charge in [-0.05, 0) is 18.2 Å². The highest BCUT2D eigenvalue weighted by Gasteiger charge is 2.33. The molecule has 0 unspecified atom stereocenters. The Bertz CT molecular complexity index is 852. The number of esters is 1. The molecule has 0 aliphatic carbocycles. The van der Waals surface area contributed by atoms with Crippen LogP contribution in [-0.4, -0.2) is 23.4 Å². The standard InChI is InChI=1S/C16H11F3N2O5/c17-16(18,19)12-6-1-2-7-13(12)20-14(22)9-26-15(23)10-4-3-5-11(8-10)21(24)25/h1-8H,9H2,(H,20,22). The number of carbonyl (C=O) groups excluding carboxylic acids is 2. The van der Waals surface area contributed by atoms with E-state index < -0.39 is 40.8 Å². The van der Waals surface area contributed by atoms with E-state index in [1.807, 2.05) is 5.32 Å². The summed E-state index contributed by atoms with van der Waals surface area (Å²) >= 11 is 0. The first-order valence-corrected chi connectivity index (χ1v) is 7.06. The summed E-state index contributed by atoms with van der Waals surface area (Å²) in [6.45, 7) is -0.853. The first-order valence-electron chi connectivity index (χ1n) is 7.06. The third-order valence-electron chi connectivity index (χ3n) is 3.13. The molecule has 0 aliphatic heterocycles. The molecule has 0 aromatic heterocycles. The minimum atomic E-state index is -4.66. The molecule has 0 atom stereocenters. The lowest BCUT2D eigenvalue weighted by atomic mass is 10.1. The fraction of sp³-hybridized carbons (Fsp3) is 0.125. The van der Waals surface area contributed by atoms with Crippen molar-refractivity contribution in [3.05, 3.63) is 69.8 Å². The largest absolute Gasteiger partial charge is 0.452 e. The number of rotatable bonds is 5. The van der Waals surface area contributed by atoms with Gasteiger partial charge in [0.05, 0.1) is 21.7 Å². The number of anilines is 1. The van der Waals surface area contributed by atoms with Gasteiger partial charge in [0.1, 0.15) is 0 Å². The number of ether oxygens (including phenoxy) is 1. The Morgan fingerprint density at radius 2 is 1.81 bits per heavy atom. The van der Waals surface area contributed by atoms with Crippen molar-refractivity contribution in [2.24, 2.45) is 0 Å². The second kappa shape index (κ2) is 7.64. The van der Waals surface area contributed by atoms with Crippen LogP contribution >= 0.6 is 0 Å². The van der Waals surface area contributed by atoms with Crippen LogP contribution < -0.4 is 5.32 Å². The lowest BCUT2D eigenvalue weighted by molar-refractivity contribution is -0.384. The topological polar surface area (TPSA) is 98.5 Å². The monoisotopic (exact) mass is 368 g/mol. The van der Waals surface area contributed by atoms with Gasteiger partial charge in [-0.25, -0.2) is 4.79 Å². The Morgan fingerprint density at radius 3 is 2.46 bits per heavy atom. The number of benzene rings is 2. The van der Waals surface area contributed by atoms with Gasteiger partial charge in [-0.3, -0.25) is 14.9 Å². The molecule has 1 amide bonds. The molecule has 0 saturated heterocycles. The molecule has 1 N–H and O–H groups in total. The Morgan fingerprint density at radius 1 is 1.12 bits per heavy atom. The third kappa shape index (κ3) is 4.79. The summed E-state index contributed by atoms with van der Waals surface area (Å²) in [4.78, 5) is 33.5. The van der Waals surface area contributed by atoms with Crippen molar-refractivity contribution < 1.29 is 32.4 Å². The average molecular weight is 368 g/mol. The van der Waals surface area contributed by atoms with Crippen molar-refractivity contribution in [3.63, 3.8) is 0 Å². The number of para-hydroxylation sites is 1. The zero-order valence-corrected chi connectivity index (χ0v) is 12.9. The van der Waals surface area contributed by atoms with Gasteiger partial charge < -0.3 is 10.1 Å². The smallest absolute Gasteiger partial charge is 0.418 e. The van der Waals surface area contributed by atoms with Gasteiger partial charge in [-0.1, -0.05) is 18.2 Å². The van der Waals surface area contributed by atoms with Crippen LogP contribution in [0.1, 0.15) is 15.9 Å². The minimum Gasteiger partial charge on any atom is -0.452 e. The molecule has 0 saturated carbocycles. The minimum absolute atomic E-state index is 0.164. The van der Waals surface area contributed by atoms with Crippen molar-refractivity contribution >= 4 is 23.3 Å². The van der Waals surface area contributed by atoms with E-state index in [0.717, 1.165) is 24.3 Å². The van der Waals surface area contributed by atoms with E-state index in [9.17, 15) is 32.9 Å². The van der Waals surface area contributed by atoms with Crippen molar-refractivity contribution in [1.82, 2.24) is 0 Å². The molecule has 0 radical (unpaired) electrons. The van der Waals surface area contributed by atoms with Crippen molar-refractivity contribution in [2.45, 2.75) is 6.18 Å². The Labute approximate surface area is 144 Å². The average Bonchev–Trinajstić information content (AvgIpc) is 2.59. The van der Waals surface area contributed by atoms with Gasteiger partial charge in [-0.2, -0.15) is 13.2 Å². The summed E-state index contributed by atoms with van der Waals surface area (Å²) in [5.41, 5.74) is -2.03. The fourth-order valence-electron chi connectivity index (χ4n) is 1.99. The molecular weight excluding hydrogens is 357 g/mol. The fourth-order valence-corrected chi connectivity index (χ4v) is 1.99. The van der Waals surface area contributed by atoms with Crippen LogP contribution in [0, 0.1) is 10.1 Å². The molecule has 2 aromatic rings. The summed E-state index contributed by atoms with van der Waals surface area (Å²) in [6.07, 6.45) is -4.66. The molecule has 0 fully saturated rings. The van der Waals surface area contributed by atoms with E-state index in [-0.39, 0.29) is 11.3 Å². The molecule has 0 aliphatic rings. The van der Waals surface area contributed by atoms with E-state index in [2.05, 4.69) is 4.74 Å². The molecule has 2 rings (SSSR count). The van der Waals surface area contributed by atoms with Crippen LogP contribution in [-0.2, 0) is 15.7 Å². The zero-order valence-electron chi connectivity index (χ0n) is 12.9. The summed E-state index contributed by atoms with van der Waals surface area (Å²) in [5.74, 6) is -2.01. The quantitative estimate of drug-likeness (QED) is 0.495. The van der Waals surface area contributed by atoms with Gasteiger partial charge >= 0.3 is 12.1 Å². The molecule has 136 valence electrons. The maximum atomic E-state index is 12.8. The number of nitrogens with zero attached hydrogens (tertiary/aromatic N) is 1. The number of halogens is 3. The Kier molecular flexibility index (Phi) is 5.55. The first-order chi connectivity index (χ1) is 12.2. The van der Waals surface area contributed by atoms with Gasteiger partial charge in [0, 0.05) is 12.1 Å². The van der Waals surface area contributed by atoms with Crippen LogP contribution in [0.4, 0.5) is 24.5 Å². The van der Waals surface area contributed by atoms with E-state index in [1.165, 1.54) is 24.3 Å². The second-order valence-corrected chi connectivity index (χ2v) is 4.98. The predicted octanol–water partition coefficient (Wildman–Crippen LogP) is 3.41. The number of nitro groups is 1. The number of nitrogens with one attached hydrogen (secondary N) is 1. The normalized spacial score (nSPS) is 10.9. The summed E-state index contributed by atoms with van der Waals surface area (Å²) < 4.78 is 43.2. The third-order valence-corrected chi connectivity index (χ3v) is 3.13. The predicted molar refractivity (Wildman–Crippen MR) is 83.5 cm³/mol. The van der Waals surface area contributed by atoms with E-state index in [0.29, 0.717) is 0 Å². The maximum Gasteiger partial charge on any atom is 0.418 e. The van der Waals surface area contributed by atoms with E-state index >= 15 is 0 Å². The molecule has 0 heterocycles. The number of nitro benzene ring substituents is 1. The molecule has 0 bridgehead atoms. The zero-order chi connectivity index (χ0) is 19.3. The summed E-state index contributed by atoms with van der Waals surface area (Å²) in [5, 5.41) is 12.7. The van der Waals surface area contributed by atoms with Crippen molar-refractivity contribution in [2.75, 3.05) is 11.9 Å². The number of hydrogen-bond acceptors (Lipinski definition) is 5. The van der Waals surface area contributed by atoms with Crippen LogP contribution in [0.2, 0.25) is 0 Å². The second-order valence-electron chi connectivity index (χ2n) is 4.98. The van der Waals surface area contributed by atoms with Gasteiger partial charge in [0.2, 0.25) is 0 Å². The SMILES string of the molecule is O=C(COC(=O)c1cccc([N+](=O)[O-])c1)Nc1ccccc1C(F)(F)F. The summed E-state index contributed by atoms with van der Waals surface area (Å²) in [6, 6.07) is 8.95. The van der Waals surface area contributed by atoms with Crippen LogP contribution in [0.15, 0.2) is 48.5 Å². The van der Waals surface area contributed by atoms with E-state index in [1.54, 1.807) is 0 Å². The van der Waals surface area contributed by atoms with Crippen LogP contribution in [0.5, 0.6) is 0 Å². The molecule has 2 aromatic carbocycles. The maximum absolute atomic E-state index is 12.8. The number of hydrogen-bond donors (Lipinski definition) is 1. The van der Waals surface area contributed by atoms with Crippen molar-refractivity contribution in [3.8, 4) is 0 Å². The number of carbonyl (C=O) groups is 2. The van der Waals surface area contributed by atoms with E-state index in [4.69, 9.17) is 0 Å². The van der Waals surface area contributed by atoms with Crippen molar-refractivity contribution in [1.29, 1.82) is 0 Å². The van der Waals surface area contributed by atoms with Gasteiger partial charge in [-0.15, -0.1) is 0 Å². The lowest BCUT2D eigenvalue weighted by Crippen LogP contribution is -2.22. The van der Waals surface area contributed by atoms with Gasteiger partial charge in [0.15, 0.2) is 6.61 Å². The molecule has 7 nitrogen and oxygen atoms in total. The number of non-ortho nitro benzene ring substituents is 1. The van der Waals surface area contributed by atoms with Crippen LogP contribution in [0.25, 0.3) is 0 Å². The number of alkyl halides is 3. The number of amides is 1. The first kappa shape index (κ1) is 18.9. The summed E-state index contributed by atoms with van der Waals surface area (Å²) in [7, 11) is 0. The molecule has 0 spiro atoms. The van der Waals surface area contributed by atoms with Gasteiger partial charge in [0.25, 0.3) is 11.6 Å².